The Morgan fingerprint density at radius 2 is 2.00 bits per heavy atom. The topological polar surface area (TPSA) is 90.4 Å². The zero-order valence-corrected chi connectivity index (χ0v) is 8.83. The summed E-state index contributed by atoms with van der Waals surface area (Å²) >= 11 is 0. The summed E-state index contributed by atoms with van der Waals surface area (Å²) in [6.45, 7) is 3.69. The summed E-state index contributed by atoms with van der Waals surface area (Å²) in [5.41, 5.74) is 12.8. The Morgan fingerprint density at radius 3 is 2.53 bits per heavy atom. The molecule has 5 heteroatoms. The first-order valence-corrected chi connectivity index (χ1v) is 4.64. The van der Waals surface area contributed by atoms with Gasteiger partial charge in [-0.2, -0.15) is 0 Å². The maximum Gasteiger partial charge on any atom is 0.221 e. The summed E-state index contributed by atoms with van der Waals surface area (Å²) in [6.07, 6.45) is 0. The van der Waals surface area contributed by atoms with Crippen molar-refractivity contribution >= 4 is 23.0 Å². The van der Waals surface area contributed by atoms with Crippen LogP contribution in [0.1, 0.15) is 13.8 Å². The van der Waals surface area contributed by atoms with Gasteiger partial charge < -0.3 is 21.5 Å². The summed E-state index contributed by atoms with van der Waals surface area (Å²) in [5, 5.41) is 2.60. The summed E-state index contributed by atoms with van der Waals surface area (Å²) in [5.74, 6) is 0.209. The lowest BCUT2D eigenvalue weighted by atomic mass is 10.2. The first-order chi connectivity index (χ1) is 7.06. The summed E-state index contributed by atoms with van der Waals surface area (Å²) < 4.78 is 5.33. The predicted molar refractivity (Wildman–Crippen MR) is 60.7 cm³/mol. The number of carbonyl (C=O) groups is 1. The number of hydrogen-bond donors (Lipinski definition) is 3. The smallest absolute Gasteiger partial charge is 0.221 e. The van der Waals surface area contributed by atoms with Gasteiger partial charge in [0.1, 0.15) is 5.69 Å². The van der Waals surface area contributed by atoms with Gasteiger partial charge in [-0.25, -0.2) is 0 Å². The monoisotopic (exact) mass is 209 g/mol. The minimum atomic E-state index is -0.215. The summed E-state index contributed by atoms with van der Waals surface area (Å²) in [4.78, 5) is 11.0. The van der Waals surface area contributed by atoms with Crippen molar-refractivity contribution in [3.05, 3.63) is 12.1 Å². The van der Waals surface area contributed by atoms with Gasteiger partial charge in [-0.05, 0) is 19.1 Å². The molecule has 5 nitrogen and oxygen atoms in total. The number of amides is 1. The molecule has 0 saturated heterocycles. The fourth-order valence-corrected chi connectivity index (χ4v) is 1.22. The molecule has 1 rings (SSSR count). The molecule has 1 aromatic rings. The quantitative estimate of drug-likeness (QED) is 0.652. The lowest BCUT2D eigenvalue weighted by Crippen LogP contribution is -2.11. The number of nitrogen functional groups attached to an aromatic ring is 2. The van der Waals surface area contributed by atoms with Crippen molar-refractivity contribution in [3.63, 3.8) is 0 Å². The van der Waals surface area contributed by atoms with Crippen molar-refractivity contribution in [1.82, 2.24) is 0 Å². The van der Waals surface area contributed by atoms with E-state index in [9.17, 15) is 4.79 Å². The molecule has 0 aliphatic rings. The molecule has 0 atom stereocenters. The molecule has 0 heterocycles. The van der Waals surface area contributed by atoms with E-state index in [1.807, 2.05) is 6.92 Å². The number of rotatable bonds is 3. The number of anilines is 3. The van der Waals surface area contributed by atoms with Gasteiger partial charge in [-0.1, -0.05) is 0 Å². The molecule has 0 unspecified atom stereocenters. The van der Waals surface area contributed by atoms with Gasteiger partial charge in [0.2, 0.25) is 5.91 Å². The van der Waals surface area contributed by atoms with E-state index in [2.05, 4.69) is 5.32 Å². The molecule has 0 aliphatic heterocycles. The van der Waals surface area contributed by atoms with Gasteiger partial charge in [-0.15, -0.1) is 0 Å². The third-order valence-electron chi connectivity index (χ3n) is 1.81. The molecule has 1 aromatic carbocycles. The number of nitrogens with two attached hydrogens (primary N) is 2. The third kappa shape index (κ3) is 2.52. The number of nitrogens with one attached hydrogen (secondary N) is 1. The number of ether oxygens (including phenoxy) is 1. The van der Waals surface area contributed by atoms with Crippen LogP contribution in [-0.2, 0) is 4.79 Å². The van der Waals surface area contributed by atoms with Gasteiger partial charge in [0.25, 0.3) is 0 Å². The lowest BCUT2D eigenvalue weighted by molar-refractivity contribution is -0.114. The van der Waals surface area contributed by atoms with E-state index in [0.717, 1.165) is 0 Å². The SMILES string of the molecule is CCOc1c(N)ccc(N)c1NC(C)=O. The molecule has 0 aliphatic carbocycles. The molecule has 0 aromatic heterocycles. The highest BCUT2D eigenvalue weighted by atomic mass is 16.5. The van der Waals surface area contributed by atoms with Gasteiger partial charge >= 0.3 is 0 Å². The van der Waals surface area contributed by atoms with Gasteiger partial charge in [0, 0.05) is 6.92 Å². The maximum absolute atomic E-state index is 11.0. The van der Waals surface area contributed by atoms with Gasteiger partial charge in [0.15, 0.2) is 5.75 Å². The van der Waals surface area contributed by atoms with E-state index >= 15 is 0 Å². The minimum Gasteiger partial charge on any atom is -0.489 e. The Morgan fingerprint density at radius 1 is 1.40 bits per heavy atom. The molecule has 0 fully saturated rings. The average molecular weight is 209 g/mol. The first-order valence-electron chi connectivity index (χ1n) is 4.64. The van der Waals surface area contributed by atoms with Crippen LogP contribution < -0.4 is 21.5 Å². The molecular formula is C10H15N3O2. The second-order valence-electron chi connectivity index (χ2n) is 3.06. The molecule has 0 radical (unpaired) electrons. The fraction of sp³-hybridized carbons (Fsp3) is 0.300. The zero-order chi connectivity index (χ0) is 11.4. The molecule has 82 valence electrons. The van der Waals surface area contributed by atoms with Crippen molar-refractivity contribution in [3.8, 4) is 5.75 Å². The van der Waals surface area contributed by atoms with E-state index in [0.29, 0.717) is 29.4 Å². The van der Waals surface area contributed by atoms with E-state index < -0.39 is 0 Å². The van der Waals surface area contributed by atoms with Crippen LogP contribution in [0.5, 0.6) is 5.75 Å². The van der Waals surface area contributed by atoms with Crippen molar-refractivity contribution < 1.29 is 9.53 Å². The number of hydrogen-bond acceptors (Lipinski definition) is 4. The zero-order valence-electron chi connectivity index (χ0n) is 8.83. The van der Waals surface area contributed by atoms with Gasteiger partial charge in [0.05, 0.1) is 18.0 Å². The van der Waals surface area contributed by atoms with Crippen molar-refractivity contribution in [2.45, 2.75) is 13.8 Å². The van der Waals surface area contributed by atoms with Crippen LogP contribution >= 0.6 is 0 Å². The standard InChI is InChI=1S/C10H15N3O2/c1-3-15-10-8(12)5-4-7(11)9(10)13-6(2)14/h4-5H,3,11-12H2,1-2H3,(H,13,14). The van der Waals surface area contributed by atoms with Crippen LogP contribution in [0.15, 0.2) is 12.1 Å². The molecule has 1 amide bonds. The normalized spacial score (nSPS) is 9.73. The van der Waals surface area contributed by atoms with E-state index in [1.54, 1.807) is 12.1 Å². The highest BCUT2D eigenvalue weighted by Gasteiger charge is 2.12. The Bertz CT molecular complexity index is 377. The van der Waals surface area contributed by atoms with Crippen molar-refractivity contribution in [2.24, 2.45) is 0 Å². The Kier molecular flexibility index (Phi) is 3.38. The number of carbonyl (C=O) groups excluding carboxylic acids is 1. The average Bonchev–Trinajstić information content (AvgIpc) is 2.17. The van der Waals surface area contributed by atoms with Crippen LogP contribution in [0.25, 0.3) is 0 Å². The first kappa shape index (κ1) is 11.2. The van der Waals surface area contributed by atoms with Crippen molar-refractivity contribution in [2.75, 3.05) is 23.4 Å². The Labute approximate surface area is 88.4 Å². The third-order valence-corrected chi connectivity index (χ3v) is 1.81. The van der Waals surface area contributed by atoms with Crippen LogP contribution in [0.3, 0.4) is 0 Å². The number of benzene rings is 1. The summed E-state index contributed by atoms with van der Waals surface area (Å²) in [6, 6.07) is 3.27. The van der Waals surface area contributed by atoms with Crippen molar-refractivity contribution in [1.29, 1.82) is 0 Å². The largest absolute Gasteiger partial charge is 0.489 e. The highest BCUT2D eigenvalue weighted by Crippen LogP contribution is 2.36. The Hall–Kier alpha value is -1.91. The molecule has 0 bridgehead atoms. The van der Waals surface area contributed by atoms with E-state index in [4.69, 9.17) is 16.2 Å². The van der Waals surface area contributed by atoms with Crippen LogP contribution in [0.2, 0.25) is 0 Å². The second-order valence-corrected chi connectivity index (χ2v) is 3.06. The minimum absolute atomic E-state index is 0.215. The van der Waals surface area contributed by atoms with E-state index in [-0.39, 0.29) is 5.91 Å². The van der Waals surface area contributed by atoms with E-state index in [1.165, 1.54) is 6.92 Å². The fourth-order valence-electron chi connectivity index (χ4n) is 1.22. The lowest BCUT2D eigenvalue weighted by Gasteiger charge is -2.14. The maximum atomic E-state index is 11.0. The van der Waals surface area contributed by atoms with Gasteiger partial charge in [-0.3, -0.25) is 4.79 Å². The molecular weight excluding hydrogens is 194 g/mol. The molecule has 15 heavy (non-hydrogen) atoms. The molecule has 5 N–H and O–H groups in total. The Balaban J connectivity index is 3.18. The van der Waals surface area contributed by atoms with Crippen LogP contribution in [0, 0.1) is 0 Å². The molecule has 0 saturated carbocycles. The van der Waals surface area contributed by atoms with Crippen LogP contribution in [0.4, 0.5) is 17.1 Å². The van der Waals surface area contributed by atoms with Crippen LogP contribution in [-0.4, -0.2) is 12.5 Å². The molecule has 0 spiro atoms. The summed E-state index contributed by atoms with van der Waals surface area (Å²) in [7, 11) is 0. The predicted octanol–water partition coefficient (Wildman–Crippen LogP) is 1.21. The second kappa shape index (κ2) is 4.54. The highest BCUT2D eigenvalue weighted by molar-refractivity contribution is 5.96.